The summed E-state index contributed by atoms with van der Waals surface area (Å²) in [5, 5.41) is 13.5. The van der Waals surface area contributed by atoms with E-state index >= 15 is 0 Å². The van der Waals surface area contributed by atoms with Gasteiger partial charge in [0.15, 0.2) is 5.78 Å². The quantitative estimate of drug-likeness (QED) is 0.553. The molecule has 3 fully saturated rings. The van der Waals surface area contributed by atoms with E-state index in [1.807, 2.05) is 24.3 Å². The minimum Gasteiger partial charge on any atom is -0.393 e. The molecule has 35 heavy (non-hydrogen) atoms. The molecule has 1 aromatic heterocycles. The van der Waals surface area contributed by atoms with E-state index in [0.717, 1.165) is 41.6 Å². The number of Topliss-reactive ketones (excluding diaryl/α,β-unsaturated/α-hetero) is 1. The summed E-state index contributed by atoms with van der Waals surface area (Å²) >= 11 is 1.53. The Morgan fingerprint density at radius 2 is 1.97 bits per heavy atom. The number of aliphatic hydroxyl groups excluding tert-OH is 1. The molecule has 0 aliphatic heterocycles. The first-order valence-corrected chi connectivity index (χ1v) is 13.9. The third kappa shape index (κ3) is 3.65. The minimum absolute atomic E-state index is 0.00993. The molecule has 6 unspecified atom stereocenters. The van der Waals surface area contributed by atoms with Crippen molar-refractivity contribution < 1.29 is 14.7 Å². The number of nitrogens with zero attached hydrogens (tertiary/aromatic N) is 1. The number of aromatic nitrogens is 1. The van der Waals surface area contributed by atoms with Gasteiger partial charge in [-0.1, -0.05) is 61.5 Å². The Morgan fingerprint density at radius 1 is 1.14 bits per heavy atom. The Bertz CT molecular complexity index is 1270. The van der Waals surface area contributed by atoms with Gasteiger partial charge in [0.05, 0.1) is 22.4 Å². The maximum Gasteiger partial charge on any atom is 0.178 e. The second-order valence-electron chi connectivity index (χ2n) is 11.5. The molecule has 3 saturated carbocycles. The van der Waals surface area contributed by atoms with Gasteiger partial charge in [0.2, 0.25) is 0 Å². The molecule has 182 valence electrons. The third-order valence-electron chi connectivity index (χ3n) is 9.82. The topological polar surface area (TPSA) is 67.3 Å². The van der Waals surface area contributed by atoms with Crippen LogP contribution in [0.5, 0.6) is 0 Å². The molecule has 1 N–H and O–H groups in total. The normalized spacial score (nSPS) is 38.0. The van der Waals surface area contributed by atoms with Crippen molar-refractivity contribution in [1.82, 2.24) is 4.98 Å². The molecule has 7 atom stereocenters. The highest BCUT2D eigenvalue weighted by atomic mass is 32.2. The molecule has 0 amide bonds. The van der Waals surface area contributed by atoms with E-state index < -0.39 is 6.10 Å². The Labute approximate surface area is 211 Å². The Balaban J connectivity index is 1.20. The molecule has 5 heteroatoms. The lowest BCUT2D eigenvalue weighted by Gasteiger charge is -2.58. The van der Waals surface area contributed by atoms with E-state index in [1.54, 1.807) is 12.2 Å². The molecule has 0 spiro atoms. The van der Waals surface area contributed by atoms with Crippen molar-refractivity contribution in [3.8, 4) is 0 Å². The van der Waals surface area contributed by atoms with Gasteiger partial charge in [0.1, 0.15) is 5.78 Å². The van der Waals surface area contributed by atoms with Gasteiger partial charge in [-0.3, -0.25) is 9.59 Å². The number of thioether (sulfide) groups is 1. The highest BCUT2D eigenvalue weighted by Gasteiger charge is 2.62. The van der Waals surface area contributed by atoms with Crippen LogP contribution >= 0.6 is 11.8 Å². The first-order chi connectivity index (χ1) is 16.8. The van der Waals surface area contributed by atoms with Crippen molar-refractivity contribution in [1.29, 1.82) is 0 Å². The van der Waals surface area contributed by atoms with E-state index in [0.29, 0.717) is 29.8 Å². The summed E-state index contributed by atoms with van der Waals surface area (Å²) in [4.78, 5) is 30.3. The maximum absolute atomic E-state index is 13.5. The summed E-state index contributed by atoms with van der Waals surface area (Å²) in [6.45, 7) is 4.47. The largest absolute Gasteiger partial charge is 0.393 e. The summed E-state index contributed by atoms with van der Waals surface area (Å²) in [5.41, 5.74) is 1.72. The van der Waals surface area contributed by atoms with E-state index in [9.17, 15) is 14.7 Å². The summed E-state index contributed by atoms with van der Waals surface area (Å²) in [6, 6.07) is 12.1. The monoisotopic (exact) mass is 487 g/mol. The standard InChI is InChI=1S/C30H33NO3S/c1-29-14-13-20(32)15-19(29)8-9-21-22-10-11-23(30(22,2)16-25(33)28(21)29)26(34)17-35-27-12-7-18-5-3-4-6-24(18)31-27/h3-7,12-15,21-23,25,28,33H,8-11,16-17H2,1-2H3/t21?,22?,23?,25-,28?,29?,30?/m0/s1. The van der Waals surface area contributed by atoms with Crippen LogP contribution in [0.15, 0.2) is 65.2 Å². The zero-order valence-corrected chi connectivity index (χ0v) is 21.3. The fraction of sp³-hybridized carbons (Fsp3) is 0.500. The molecule has 4 aliphatic rings. The minimum atomic E-state index is -0.462. The summed E-state index contributed by atoms with van der Waals surface area (Å²) in [6.07, 6.45) is 9.62. The number of carbonyl (C=O) groups excluding carboxylic acids is 2. The number of carbonyl (C=O) groups is 2. The van der Waals surface area contributed by atoms with Gasteiger partial charge in [0, 0.05) is 22.6 Å². The lowest BCUT2D eigenvalue weighted by atomic mass is 9.46. The van der Waals surface area contributed by atoms with Crippen molar-refractivity contribution in [2.45, 2.75) is 57.1 Å². The van der Waals surface area contributed by atoms with Crippen LogP contribution in [-0.4, -0.2) is 33.5 Å². The third-order valence-corrected chi connectivity index (χ3v) is 10.8. The van der Waals surface area contributed by atoms with Gasteiger partial charge < -0.3 is 5.11 Å². The highest BCUT2D eigenvalue weighted by molar-refractivity contribution is 7.99. The van der Waals surface area contributed by atoms with E-state index in [2.05, 4.69) is 32.1 Å². The molecular weight excluding hydrogens is 454 g/mol. The Kier molecular flexibility index (Phi) is 5.57. The number of allylic oxidation sites excluding steroid dienone is 4. The van der Waals surface area contributed by atoms with Gasteiger partial charge in [-0.05, 0) is 73.6 Å². The van der Waals surface area contributed by atoms with Crippen LogP contribution in [-0.2, 0) is 9.59 Å². The molecule has 6 rings (SSSR count). The molecular formula is C30H33NO3S. The second-order valence-corrected chi connectivity index (χ2v) is 12.5. The Hall–Kier alpha value is -2.24. The van der Waals surface area contributed by atoms with Gasteiger partial charge >= 0.3 is 0 Å². The number of rotatable bonds is 4. The molecule has 1 heterocycles. The number of hydrogen-bond donors (Lipinski definition) is 1. The van der Waals surface area contributed by atoms with Crippen molar-refractivity contribution >= 4 is 34.2 Å². The van der Waals surface area contributed by atoms with Crippen LogP contribution in [0.2, 0.25) is 0 Å². The zero-order chi connectivity index (χ0) is 24.4. The molecule has 0 saturated heterocycles. The van der Waals surface area contributed by atoms with Crippen LogP contribution in [0.1, 0.15) is 46.0 Å². The number of fused-ring (bicyclic) bond motifs is 6. The number of ketones is 2. The van der Waals surface area contributed by atoms with Gasteiger partial charge in [-0.2, -0.15) is 0 Å². The predicted octanol–water partition coefficient (Wildman–Crippen LogP) is 5.79. The molecule has 4 nitrogen and oxygen atoms in total. The number of pyridine rings is 1. The van der Waals surface area contributed by atoms with Crippen LogP contribution in [0.3, 0.4) is 0 Å². The molecule has 1 aromatic carbocycles. The lowest BCUT2D eigenvalue weighted by molar-refractivity contribution is -0.137. The number of aliphatic hydroxyl groups is 1. The summed E-state index contributed by atoms with van der Waals surface area (Å²) in [5.74, 6) is 1.73. The number of benzene rings is 1. The summed E-state index contributed by atoms with van der Waals surface area (Å²) in [7, 11) is 0. The average molecular weight is 488 g/mol. The van der Waals surface area contributed by atoms with Crippen molar-refractivity contribution in [3.63, 3.8) is 0 Å². The average Bonchev–Trinajstić information content (AvgIpc) is 3.19. The van der Waals surface area contributed by atoms with E-state index in [-0.39, 0.29) is 28.4 Å². The first kappa shape index (κ1) is 23.2. The fourth-order valence-corrected chi connectivity index (χ4v) is 9.05. The zero-order valence-electron chi connectivity index (χ0n) is 20.4. The summed E-state index contributed by atoms with van der Waals surface area (Å²) < 4.78 is 0. The van der Waals surface area contributed by atoms with Gasteiger partial charge in [-0.15, -0.1) is 0 Å². The number of hydrogen-bond acceptors (Lipinski definition) is 5. The first-order valence-electron chi connectivity index (χ1n) is 12.9. The molecule has 0 radical (unpaired) electrons. The van der Waals surface area contributed by atoms with E-state index in [1.165, 1.54) is 17.3 Å². The van der Waals surface area contributed by atoms with Crippen LogP contribution in [0.4, 0.5) is 0 Å². The van der Waals surface area contributed by atoms with Crippen LogP contribution in [0, 0.1) is 34.5 Å². The van der Waals surface area contributed by atoms with Gasteiger partial charge in [0.25, 0.3) is 0 Å². The highest BCUT2D eigenvalue weighted by Crippen LogP contribution is 2.66. The second kappa shape index (κ2) is 8.41. The van der Waals surface area contributed by atoms with Crippen LogP contribution in [0.25, 0.3) is 10.9 Å². The SMILES string of the molecule is CC12C=CC(=O)C=C1CCC1C2[C@@H](O)CC2(C)C(C(=O)CSc3ccc4ccccc4n3)CCC12. The molecule has 4 aliphatic carbocycles. The molecule has 0 bridgehead atoms. The van der Waals surface area contributed by atoms with Gasteiger partial charge in [-0.25, -0.2) is 4.98 Å². The predicted molar refractivity (Wildman–Crippen MR) is 139 cm³/mol. The lowest BCUT2D eigenvalue weighted by Crippen LogP contribution is -2.56. The van der Waals surface area contributed by atoms with Crippen molar-refractivity contribution in [2.75, 3.05) is 5.75 Å². The fourth-order valence-electron chi connectivity index (χ4n) is 8.23. The number of para-hydroxylation sites is 1. The van der Waals surface area contributed by atoms with E-state index in [4.69, 9.17) is 4.98 Å². The Morgan fingerprint density at radius 3 is 2.83 bits per heavy atom. The maximum atomic E-state index is 13.5. The smallest absolute Gasteiger partial charge is 0.178 e. The molecule has 2 aromatic rings. The van der Waals surface area contributed by atoms with Crippen molar-refractivity contribution in [2.24, 2.45) is 34.5 Å². The van der Waals surface area contributed by atoms with Crippen molar-refractivity contribution in [3.05, 3.63) is 60.2 Å². The van der Waals surface area contributed by atoms with Crippen LogP contribution < -0.4 is 0 Å².